The average Bonchev–Trinajstić information content (AvgIpc) is 3.13. The lowest BCUT2D eigenvalue weighted by Crippen LogP contribution is -2.30. The number of thiophene rings is 1. The van der Waals surface area contributed by atoms with Crippen molar-refractivity contribution < 1.29 is 4.79 Å². The van der Waals surface area contributed by atoms with Crippen LogP contribution in [0.3, 0.4) is 0 Å². The minimum absolute atomic E-state index is 0.0114. The van der Waals surface area contributed by atoms with E-state index in [1.54, 1.807) is 11.3 Å². The minimum atomic E-state index is -0.0356. The zero-order valence-corrected chi connectivity index (χ0v) is 18.8. The Labute approximate surface area is 184 Å². The summed E-state index contributed by atoms with van der Waals surface area (Å²) >= 11 is 3.14. The van der Waals surface area contributed by atoms with E-state index in [2.05, 4.69) is 34.3 Å². The van der Waals surface area contributed by atoms with Gasteiger partial charge in [0.15, 0.2) is 0 Å². The van der Waals surface area contributed by atoms with Crippen LogP contribution in [-0.2, 0) is 23.4 Å². The summed E-state index contributed by atoms with van der Waals surface area (Å²) in [5.74, 6) is 1.52. The van der Waals surface area contributed by atoms with Crippen molar-refractivity contribution in [2.24, 2.45) is 0 Å². The lowest BCUT2D eigenvalue weighted by Gasteiger charge is -2.18. The number of carbonyl (C=O) groups is 1. The van der Waals surface area contributed by atoms with E-state index in [9.17, 15) is 9.59 Å². The molecule has 5 nitrogen and oxygen atoms in total. The van der Waals surface area contributed by atoms with E-state index in [-0.39, 0.29) is 17.5 Å². The van der Waals surface area contributed by atoms with Gasteiger partial charge >= 0.3 is 0 Å². The summed E-state index contributed by atoms with van der Waals surface area (Å²) in [6.07, 6.45) is 6.29. The SMILES string of the molecule is CCC[C@@H](NC(=O)CSCc1nc2sc3c(c2c(=O)[nH]1)CCCC3)c1ccccc1. The molecule has 1 aliphatic rings. The van der Waals surface area contributed by atoms with Crippen molar-refractivity contribution in [3.8, 4) is 0 Å². The second kappa shape index (κ2) is 9.79. The first kappa shape index (κ1) is 21.1. The summed E-state index contributed by atoms with van der Waals surface area (Å²) in [6, 6.07) is 10.1. The smallest absolute Gasteiger partial charge is 0.259 e. The Hall–Kier alpha value is -2.12. The van der Waals surface area contributed by atoms with Gasteiger partial charge in [-0.3, -0.25) is 9.59 Å². The number of fused-ring (bicyclic) bond motifs is 3. The van der Waals surface area contributed by atoms with Gasteiger partial charge in [0.05, 0.1) is 22.9 Å². The molecule has 30 heavy (non-hydrogen) atoms. The summed E-state index contributed by atoms with van der Waals surface area (Å²) in [7, 11) is 0. The minimum Gasteiger partial charge on any atom is -0.349 e. The van der Waals surface area contributed by atoms with Crippen molar-refractivity contribution in [3.63, 3.8) is 0 Å². The molecule has 0 saturated heterocycles. The summed E-state index contributed by atoms with van der Waals surface area (Å²) in [4.78, 5) is 34.9. The zero-order chi connectivity index (χ0) is 20.9. The molecule has 7 heteroatoms. The number of carbonyl (C=O) groups excluding carboxylic acids is 1. The number of hydrogen-bond acceptors (Lipinski definition) is 5. The number of aryl methyl sites for hydroxylation is 2. The fourth-order valence-electron chi connectivity index (χ4n) is 4.05. The summed E-state index contributed by atoms with van der Waals surface area (Å²) < 4.78 is 0. The first-order chi connectivity index (χ1) is 14.7. The van der Waals surface area contributed by atoms with Gasteiger partial charge in [-0.15, -0.1) is 23.1 Å². The lowest BCUT2D eigenvalue weighted by molar-refractivity contribution is -0.119. The number of rotatable bonds is 8. The van der Waals surface area contributed by atoms with E-state index in [0.717, 1.165) is 47.9 Å². The number of amides is 1. The number of H-pyrrole nitrogens is 1. The Morgan fingerprint density at radius 2 is 2.07 bits per heavy atom. The lowest BCUT2D eigenvalue weighted by atomic mass is 9.97. The molecule has 0 spiro atoms. The second-order valence-electron chi connectivity index (χ2n) is 7.72. The van der Waals surface area contributed by atoms with Crippen molar-refractivity contribution in [1.29, 1.82) is 0 Å². The fourth-order valence-corrected chi connectivity index (χ4v) is 6.03. The molecule has 3 aromatic rings. The van der Waals surface area contributed by atoms with Gasteiger partial charge in [0, 0.05) is 4.88 Å². The first-order valence-corrected chi connectivity index (χ1v) is 12.6. The third-order valence-corrected chi connectivity index (χ3v) is 7.59. The van der Waals surface area contributed by atoms with Gasteiger partial charge in [-0.1, -0.05) is 43.7 Å². The molecule has 0 radical (unpaired) electrons. The topological polar surface area (TPSA) is 74.8 Å². The third kappa shape index (κ3) is 4.78. The molecular weight excluding hydrogens is 414 g/mol. The zero-order valence-electron chi connectivity index (χ0n) is 17.2. The van der Waals surface area contributed by atoms with Crippen LogP contribution in [0.2, 0.25) is 0 Å². The average molecular weight is 442 g/mol. The van der Waals surface area contributed by atoms with Crippen molar-refractivity contribution in [3.05, 3.63) is 62.5 Å². The van der Waals surface area contributed by atoms with Gasteiger partial charge in [-0.05, 0) is 43.2 Å². The Bertz CT molecular complexity index is 1080. The normalized spacial score (nSPS) is 14.4. The van der Waals surface area contributed by atoms with Crippen LogP contribution in [0.5, 0.6) is 0 Å². The highest BCUT2D eigenvalue weighted by Crippen LogP contribution is 2.33. The number of nitrogens with zero attached hydrogens (tertiary/aromatic N) is 1. The molecule has 4 rings (SSSR count). The van der Waals surface area contributed by atoms with Crippen LogP contribution < -0.4 is 10.9 Å². The molecule has 158 valence electrons. The second-order valence-corrected chi connectivity index (χ2v) is 9.79. The van der Waals surface area contributed by atoms with Crippen LogP contribution in [0, 0.1) is 0 Å². The number of aromatic amines is 1. The molecule has 2 N–H and O–H groups in total. The maximum Gasteiger partial charge on any atom is 0.259 e. The summed E-state index contributed by atoms with van der Waals surface area (Å²) in [5, 5.41) is 3.93. The standard InChI is InChI=1S/C23H27N3O2S2/c1-2-8-17(15-9-4-3-5-10-15)24-20(27)14-29-13-19-25-22(28)21-16-11-6-7-12-18(16)30-23(21)26-19/h3-5,9-10,17H,2,6-8,11-14H2,1H3,(H,24,27)(H,25,26,28)/t17-/m1/s1. The molecular formula is C23H27N3O2S2. The largest absolute Gasteiger partial charge is 0.349 e. The molecule has 1 amide bonds. The van der Waals surface area contributed by atoms with Crippen LogP contribution in [-0.4, -0.2) is 21.6 Å². The maximum atomic E-state index is 12.6. The number of aromatic nitrogens is 2. The Morgan fingerprint density at radius 1 is 1.27 bits per heavy atom. The van der Waals surface area contributed by atoms with E-state index < -0.39 is 0 Å². The quantitative estimate of drug-likeness (QED) is 0.529. The van der Waals surface area contributed by atoms with Crippen LogP contribution in [0.15, 0.2) is 35.1 Å². The Kier molecular flexibility index (Phi) is 6.89. The summed E-state index contributed by atoms with van der Waals surface area (Å²) in [5.41, 5.74) is 2.30. The number of thioether (sulfide) groups is 1. The molecule has 0 aliphatic heterocycles. The van der Waals surface area contributed by atoms with Gasteiger partial charge in [-0.2, -0.15) is 0 Å². The molecule has 1 aromatic carbocycles. The Morgan fingerprint density at radius 3 is 2.87 bits per heavy atom. The molecule has 1 aliphatic carbocycles. The Balaban J connectivity index is 1.37. The van der Waals surface area contributed by atoms with E-state index in [4.69, 9.17) is 0 Å². The monoisotopic (exact) mass is 441 g/mol. The molecule has 1 atom stereocenters. The molecule has 0 saturated carbocycles. The molecule has 0 unspecified atom stereocenters. The van der Waals surface area contributed by atoms with Crippen molar-refractivity contribution in [1.82, 2.24) is 15.3 Å². The van der Waals surface area contributed by atoms with Gasteiger partial charge in [0.2, 0.25) is 5.91 Å². The highest BCUT2D eigenvalue weighted by Gasteiger charge is 2.20. The molecule has 0 bridgehead atoms. The first-order valence-electron chi connectivity index (χ1n) is 10.6. The molecule has 2 heterocycles. The highest BCUT2D eigenvalue weighted by atomic mass is 32.2. The van der Waals surface area contributed by atoms with E-state index in [1.807, 2.05) is 18.2 Å². The van der Waals surface area contributed by atoms with Gasteiger partial charge in [0.25, 0.3) is 5.56 Å². The van der Waals surface area contributed by atoms with Crippen molar-refractivity contribution in [2.45, 2.75) is 57.2 Å². The highest BCUT2D eigenvalue weighted by molar-refractivity contribution is 7.99. The van der Waals surface area contributed by atoms with Crippen LogP contribution in [0.25, 0.3) is 10.2 Å². The van der Waals surface area contributed by atoms with Gasteiger partial charge in [0.1, 0.15) is 10.7 Å². The fraction of sp³-hybridized carbons (Fsp3) is 0.435. The van der Waals surface area contributed by atoms with Crippen LogP contribution >= 0.6 is 23.1 Å². The van der Waals surface area contributed by atoms with Gasteiger partial charge in [-0.25, -0.2) is 4.98 Å². The predicted molar refractivity (Wildman–Crippen MR) is 125 cm³/mol. The number of benzene rings is 1. The van der Waals surface area contributed by atoms with E-state index in [0.29, 0.717) is 17.3 Å². The maximum absolute atomic E-state index is 12.6. The number of nitrogens with one attached hydrogen (secondary N) is 2. The van der Waals surface area contributed by atoms with E-state index >= 15 is 0 Å². The van der Waals surface area contributed by atoms with Crippen LogP contribution in [0.1, 0.15) is 60.5 Å². The van der Waals surface area contributed by atoms with E-state index in [1.165, 1.54) is 28.6 Å². The molecule has 2 aromatic heterocycles. The molecule has 0 fully saturated rings. The predicted octanol–water partition coefficient (Wildman–Crippen LogP) is 4.75. The summed E-state index contributed by atoms with van der Waals surface area (Å²) in [6.45, 7) is 2.12. The number of hydrogen-bond donors (Lipinski definition) is 2. The van der Waals surface area contributed by atoms with Gasteiger partial charge < -0.3 is 10.3 Å². The van der Waals surface area contributed by atoms with Crippen LogP contribution in [0.4, 0.5) is 0 Å². The third-order valence-electron chi connectivity index (χ3n) is 5.46. The van der Waals surface area contributed by atoms with Crippen molar-refractivity contribution >= 4 is 39.2 Å². The van der Waals surface area contributed by atoms with Crippen molar-refractivity contribution in [2.75, 3.05) is 5.75 Å².